The summed E-state index contributed by atoms with van der Waals surface area (Å²) in [6.07, 6.45) is 0.895. The first kappa shape index (κ1) is 18.1. The van der Waals surface area contributed by atoms with Gasteiger partial charge >= 0.3 is 0 Å². The molecule has 0 aromatic heterocycles. The highest BCUT2D eigenvalue weighted by Gasteiger charge is 2.20. The summed E-state index contributed by atoms with van der Waals surface area (Å²) in [5.74, 6) is 1.96. The second-order valence-corrected chi connectivity index (χ2v) is 5.83. The highest BCUT2D eigenvalue weighted by molar-refractivity contribution is 5.80. The maximum Gasteiger partial charge on any atom is 0.219 e. The Balaban J connectivity index is 1.89. The Morgan fingerprint density at radius 3 is 2.33 bits per heavy atom. The van der Waals surface area contributed by atoms with Crippen molar-refractivity contribution in [3.8, 4) is 5.75 Å². The molecule has 1 aromatic rings. The van der Waals surface area contributed by atoms with Crippen LogP contribution >= 0.6 is 0 Å². The van der Waals surface area contributed by atoms with Crippen molar-refractivity contribution in [2.45, 2.75) is 20.3 Å². The number of piperazine rings is 1. The van der Waals surface area contributed by atoms with Crippen LogP contribution in [0.5, 0.6) is 5.75 Å². The fraction of sp³-hybridized carbons (Fsp3) is 0.556. The summed E-state index contributed by atoms with van der Waals surface area (Å²) in [6.45, 7) is 8.46. The number of aliphatic imine (C=N–C) groups is 1. The molecule has 0 bridgehead atoms. The molecule has 1 aromatic carbocycles. The van der Waals surface area contributed by atoms with Crippen LogP contribution in [0.3, 0.4) is 0 Å². The van der Waals surface area contributed by atoms with Crippen LogP contribution in [0.2, 0.25) is 0 Å². The summed E-state index contributed by atoms with van der Waals surface area (Å²) in [5, 5.41) is 3.35. The average molecular weight is 332 g/mol. The number of methoxy groups -OCH3 is 1. The second-order valence-electron chi connectivity index (χ2n) is 5.83. The molecule has 1 aliphatic rings. The number of guanidine groups is 1. The van der Waals surface area contributed by atoms with E-state index in [-0.39, 0.29) is 5.91 Å². The van der Waals surface area contributed by atoms with E-state index >= 15 is 0 Å². The highest BCUT2D eigenvalue weighted by atomic mass is 16.5. The lowest BCUT2D eigenvalue weighted by Crippen LogP contribution is -2.53. The smallest absolute Gasteiger partial charge is 0.219 e. The number of benzene rings is 1. The minimum Gasteiger partial charge on any atom is -0.497 e. The van der Waals surface area contributed by atoms with Crippen molar-refractivity contribution in [1.29, 1.82) is 0 Å². The van der Waals surface area contributed by atoms with Gasteiger partial charge in [0.15, 0.2) is 5.96 Å². The summed E-state index contributed by atoms with van der Waals surface area (Å²) in [4.78, 5) is 20.3. The fourth-order valence-corrected chi connectivity index (χ4v) is 2.74. The summed E-state index contributed by atoms with van der Waals surface area (Å²) in [7, 11) is 1.67. The van der Waals surface area contributed by atoms with Crippen molar-refractivity contribution in [2.24, 2.45) is 4.99 Å². The van der Waals surface area contributed by atoms with Gasteiger partial charge < -0.3 is 19.9 Å². The molecule has 1 amide bonds. The predicted molar refractivity (Wildman–Crippen MR) is 96.5 cm³/mol. The fourth-order valence-electron chi connectivity index (χ4n) is 2.74. The molecule has 2 rings (SSSR count). The average Bonchev–Trinajstić information content (AvgIpc) is 2.61. The molecule has 132 valence electrons. The van der Waals surface area contributed by atoms with Crippen LogP contribution in [0.1, 0.15) is 19.4 Å². The first-order chi connectivity index (χ1) is 11.6. The Labute approximate surface area is 144 Å². The van der Waals surface area contributed by atoms with Crippen LogP contribution < -0.4 is 10.1 Å². The van der Waals surface area contributed by atoms with Gasteiger partial charge in [-0.1, -0.05) is 12.1 Å². The number of carbonyl (C=O) groups excluding carboxylic acids is 1. The van der Waals surface area contributed by atoms with E-state index in [1.54, 1.807) is 14.0 Å². The third-order valence-electron chi connectivity index (χ3n) is 4.18. The molecule has 0 radical (unpaired) electrons. The van der Waals surface area contributed by atoms with Gasteiger partial charge in [-0.2, -0.15) is 0 Å². The molecule has 6 nitrogen and oxygen atoms in total. The number of amides is 1. The molecule has 0 atom stereocenters. The lowest BCUT2D eigenvalue weighted by Gasteiger charge is -2.36. The molecule has 6 heteroatoms. The lowest BCUT2D eigenvalue weighted by molar-refractivity contribution is -0.130. The zero-order chi connectivity index (χ0) is 17.4. The molecular weight excluding hydrogens is 304 g/mol. The molecule has 1 saturated heterocycles. The predicted octanol–water partition coefficient (Wildman–Crippen LogP) is 1.37. The number of ether oxygens (including phenoxy) is 1. The van der Waals surface area contributed by atoms with E-state index < -0.39 is 0 Å². The van der Waals surface area contributed by atoms with Gasteiger partial charge in [0.2, 0.25) is 5.91 Å². The molecular formula is C18H28N4O2. The molecule has 1 N–H and O–H groups in total. The molecule has 1 aliphatic heterocycles. The van der Waals surface area contributed by atoms with Gasteiger partial charge in [-0.25, -0.2) is 0 Å². The first-order valence-corrected chi connectivity index (χ1v) is 8.55. The van der Waals surface area contributed by atoms with Crippen LogP contribution in [-0.2, 0) is 11.2 Å². The van der Waals surface area contributed by atoms with Crippen molar-refractivity contribution in [3.63, 3.8) is 0 Å². The van der Waals surface area contributed by atoms with Gasteiger partial charge in [-0.3, -0.25) is 9.79 Å². The maximum atomic E-state index is 11.4. The second kappa shape index (κ2) is 9.15. The van der Waals surface area contributed by atoms with Crippen molar-refractivity contribution < 1.29 is 9.53 Å². The van der Waals surface area contributed by atoms with E-state index in [0.29, 0.717) is 0 Å². The monoisotopic (exact) mass is 332 g/mol. The Hall–Kier alpha value is -2.24. The molecule has 24 heavy (non-hydrogen) atoms. The van der Waals surface area contributed by atoms with Crippen LogP contribution in [0, 0.1) is 0 Å². The third-order valence-corrected chi connectivity index (χ3v) is 4.18. The number of nitrogens with zero attached hydrogens (tertiary/aromatic N) is 3. The largest absolute Gasteiger partial charge is 0.497 e. The number of hydrogen-bond acceptors (Lipinski definition) is 3. The number of hydrogen-bond donors (Lipinski definition) is 1. The van der Waals surface area contributed by atoms with Gasteiger partial charge in [-0.15, -0.1) is 0 Å². The first-order valence-electron chi connectivity index (χ1n) is 8.55. The normalized spacial score (nSPS) is 15.4. The zero-order valence-electron chi connectivity index (χ0n) is 14.9. The Morgan fingerprint density at radius 2 is 1.79 bits per heavy atom. The van der Waals surface area contributed by atoms with Crippen molar-refractivity contribution >= 4 is 11.9 Å². The van der Waals surface area contributed by atoms with E-state index in [2.05, 4.69) is 29.3 Å². The van der Waals surface area contributed by atoms with Gasteiger partial charge in [-0.05, 0) is 31.0 Å². The standard InChI is InChI=1S/C18H28N4O2/c1-4-19-18(22-13-11-21(12-14-22)15(2)23)20-10-9-16-5-7-17(24-3)8-6-16/h5-8H,4,9-14H2,1-3H3,(H,19,20). The number of rotatable bonds is 5. The van der Waals surface area contributed by atoms with Gasteiger partial charge in [0.25, 0.3) is 0 Å². The van der Waals surface area contributed by atoms with Gasteiger partial charge in [0.1, 0.15) is 5.75 Å². The minimum absolute atomic E-state index is 0.149. The lowest BCUT2D eigenvalue weighted by atomic mass is 10.1. The molecule has 0 unspecified atom stereocenters. The molecule has 1 heterocycles. The number of carbonyl (C=O) groups is 1. The number of nitrogens with one attached hydrogen (secondary N) is 1. The highest BCUT2D eigenvalue weighted by Crippen LogP contribution is 2.11. The molecule has 0 aliphatic carbocycles. The summed E-state index contributed by atoms with van der Waals surface area (Å²) in [6, 6.07) is 8.11. The van der Waals surface area contributed by atoms with E-state index in [1.165, 1.54) is 5.56 Å². The van der Waals surface area contributed by atoms with E-state index in [4.69, 9.17) is 9.73 Å². The zero-order valence-corrected chi connectivity index (χ0v) is 14.9. The molecule has 0 saturated carbocycles. The van der Waals surface area contributed by atoms with Crippen molar-refractivity contribution in [1.82, 2.24) is 15.1 Å². The maximum absolute atomic E-state index is 11.4. The Bertz CT molecular complexity index is 549. The quantitative estimate of drug-likeness (QED) is 0.653. The summed E-state index contributed by atoms with van der Waals surface area (Å²) < 4.78 is 5.18. The van der Waals surface area contributed by atoms with Gasteiger partial charge in [0.05, 0.1) is 7.11 Å². The minimum atomic E-state index is 0.149. The Kier molecular flexibility index (Phi) is 6.90. The van der Waals surface area contributed by atoms with E-state index in [1.807, 2.05) is 17.0 Å². The van der Waals surface area contributed by atoms with Crippen molar-refractivity contribution in [3.05, 3.63) is 29.8 Å². The van der Waals surface area contributed by atoms with Gasteiger partial charge in [0, 0.05) is 46.2 Å². The SMILES string of the molecule is CCNC(=NCCc1ccc(OC)cc1)N1CCN(C(C)=O)CC1. The molecule has 0 spiro atoms. The van der Waals surface area contributed by atoms with Crippen LogP contribution in [-0.4, -0.2) is 68.0 Å². The van der Waals surface area contributed by atoms with Crippen LogP contribution in [0.4, 0.5) is 0 Å². The molecule has 1 fully saturated rings. The van der Waals surface area contributed by atoms with E-state index in [9.17, 15) is 4.79 Å². The van der Waals surface area contributed by atoms with Crippen LogP contribution in [0.15, 0.2) is 29.3 Å². The van der Waals surface area contributed by atoms with Crippen LogP contribution in [0.25, 0.3) is 0 Å². The van der Waals surface area contributed by atoms with E-state index in [0.717, 1.165) is 57.4 Å². The summed E-state index contributed by atoms with van der Waals surface area (Å²) in [5.41, 5.74) is 1.25. The third kappa shape index (κ3) is 5.15. The topological polar surface area (TPSA) is 57.2 Å². The Morgan fingerprint density at radius 1 is 1.17 bits per heavy atom. The summed E-state index contributed by atoms with van der Waals surface area (Å²) >= 11 is 0. The van der Waals surface area contributed by atoms with Crippen molar-refractivity contribution in [2.75, 3.05) is 46.4 Å².